The third kappa shape index (κ3) is 3.82. The Labute approximate surface area is 138 Å². The minimum absolute atomic E-state index is 0.0662. The van der Waals surface area contributed by atoms with Crippen molar-refractivity contribution >= 4 is 11.9 Å². The second kappa shape index (κ2) is 7.28. The molecule has 1 amide bonds. The molecule has 5 nitrogen and oxygen atoms in total. The first-order valence-electron chi connectivity index (χ1n) is 9.10. The highest BCUT2D eigenvalue weighted by molar-refractivity contribution is 5.93. The van der Waals surface area contributed by atoms with Crippen molar-refractivity contribution in [3.8, 4) is 0 Å². The predicted octanol–water partition coefficient (Wildman–Crippen LogP) is 3.54. The largest absolute Gasteiger partial charge is 0.351 e. The van der Waals surface area contributed by atoms with Crippen molar-refractivity contribution in [2.75, 3.05) is 11.9 Å². The van der Waals surface area contributed by atoms with Crippen molar-refractivity contribution in [1.29, 1.82) is 0 Å². The van der Waals surface area contributed by atoms with Crippen LogP contribution in [0.5, 0.6) is 0 Å². The molecule has 0 bridgehead atoms. The number of rotatable bonds is 4. The lowest BCUT2D eigenvalue weighted by molar-refractivity contribution is 0.0601. The number of amides is 1. The molecule has 23 heavy (non-hydrogen) atoms. The summed E-state index contributed by atoms with van der Waals surface area (Å²) in [5.74, 6) is 0.682. The minimum Gasteiger partial charge on any atom is -0.351 e. The molecule has 1 saturated carbocycles. The summed E-state index contributed by atoms with van der Waals surface area (Å²) < 4.78 is 0. The number of aromatic nitrogens is 2. The van der Waals surface area contributed by atoms with E-state index in [2.05, 4.69) is 22.2 Å². The SMILES string of the molecule is CCC1CCCCN1C(=O)c1cc(C)nc(NC2CCCC2)n1. The van der Waals surface area contributed by atoms with Crippen LogP contribution in [-0.4, -0.2) is 39.4 Å². The van der Waals surface area contributed by atoms with Crippen LogP contribution in [0.15, 0.2) is 6.07 Å². The van der Waals surface area contributed by atoms with E-state index < -0.39 is 0 Å². The van der Waals surface area contributed by atoms with E-state index >= 15 is 0 Å². The Morgan fingerprint density at radius 3 is 2.70 bits per heavy atom. The number of anilines is 1. The molecule has 1 saturated heterocycles. The van der Waals surface area contributed by atoms with Crippen molar-refractivity contribution in [3.05, 3.63) is 17.5 Å². The fourth-order valence-corrected chi connectivity index (χ4v) is 3.83. The predicted molar refractivity (Wildman–Crippen MR) is 91.6 cm³/mol. The number of likely N-dealkylation sites (tertiary alicyclic amines) is 1. The highest BCUT2D eigenvalue weighted by Crippen LogP contribution is 2.23. The zero-order valence-corrected chi connectivity index (χ0v) is 14.3. The van der Waals surface area contributed by atoms with Crippen LogP contribution in [0.2, 0.25) is 0 Å². The van der Waals surface area contributed by atoms with Crippen molar-refractivity contribution in [1.82, 2.24) is 14.9 Å². The first-order valence-corrected chi connectivity index (χ1v) is 9.10. The lowest BCUT2D eigenvalue weighted by Crippen LogP contribution is -2.43. The maximum Gasteiger partial charge on any atom is 0.272 e. The lowest BCUT2D eigenvalue weighted by Gasteiger charge is -2.35. The van der Waals surface area contributed by atoms with Gasteiger partial charge in [0.1, 0.15) is 5.69 Å². The number of nitrogens with one attached hydrogen (secondary N) is 1. The summed E-state index contributed by atoms with van der Waals surface area (Å²) in [6.45, 7) is 4.95. The van der Waals surface area contributed by atoms with Gasteiger partial charge in [-0.05, 0) is 51.5 Å². The van der Waals surface area contributed by atoms with Crippen LogP contribution in [0.3, 0.4) is 0 Å². The normalized spacial score (nSPS) is 22.3. The van der Waals surface area contributed by atoms with Crippen molar-refractivity contribution in [2.45, 2.75) is 77.3 Å². The Balaban J connectivity index is 1.77. The Bertz CT molecular complexity index is 554. The van der Waals surface area contributed by atoms with Crippen LogP contribution < -0.4 is 5.32 Å². The van der Waals surface area contributed by atoms with Gasteiger partial charge in [0.2, 0.25) is 5.95 Å². The van der Waals surface area contributed by atoms with E-state index in [1.807, 2.05) is 17.9 Å². The summed E-state index contributed by atoms with van der Waals surface area (Å²) in [4.78, 5) is 23.9. The lowest BCUT2D eigenvalue weighted by atomic mass is 9.99. The Morgan fingerprint density at radius 1 is 1.22 bits per heavy atom. The maximum atomic E-state index is 12.9. The second-order valence-corrected chi connectivity index (χ2v) is 6.90. The molecule has 1 unspecified atom stereocenters. The fourth-order valence-electron chi connectivity index (χ4n) is 3.83. The van der Waals surface area contributed by atoms with Crippen LogP contribution in [0.1, 0.15) is 74.5 Å². The third-order valence-electron chi connectivity index (χ3n) is 5.12. The number of nitrogens with zero attached hydrogens (tertiary/aromatic N) is 3. The average Bonchev–Trinajstić information content (AvgIpc) is 3.06. The smallest absolute Gasteiger partial charge is 0.272 e. The van der Waals surface area contributed by atoms with Crippen molar-refractivity contribution < 1.29 is 4.79 Å². The molecular weight excluding hydrogens is 288 g/mol. The first-order chi connectivity index (χ1) is 11.2. The van der Waals surface area contributed by atoms with Gasteiger partial charge < -0.3 is 10.2 Å². The maximum absolute atomic E-state index is 12.9. The molecule has 5 heteroatoms. The molecule has 1 aromatic heterocycles. The number of carbonyl (C=O) groups excluding carboxylic acids is 1. The number of aryl methyl sites for hydroxylation is 1. The average molecular weight is 316 g/mol. The highest BCUT2D eigenvalue weighted by atomic mass is 16.2. The molecule has 126 valence electrons. The van der Waals surface area contributed by atoms with Gasteiger partial charge in [-0.2, -0.15) is 0 Å². The number of carbonyl (C=O) groups is 1. The van der Waals surface area contributed by atoms with E-state index in [-0.39, 0.29) is 5.91 Å². The number of hydrogen-bond acceptors (Lipinski definition) is 4. The number of hydrogen-bond donors (Lipinski definition) is 1. The monoisotopic (exact) mass is 316 g/mol. The molecule has 2 heterocycles. The van der Waals surface area contributed by atoms with Gasteiger partial charge in [-0.25, -0.2) is 9.97 Å². The summed E-state index contributed by atoms with van der Waals surface area (Å²) in [6, 6.07) is 2.64. The molecule has 1 aromatic rings. The Kier molecular flexibility index (Phi) is 5.13. The van der Waals surface area contributed by atoms with Crippen molar-refractivity contribution in [2.24, 2.45) is 0 Å². The van der Waals surface area contributed by atoms with Crippen LogP contribution in [0.4, 0.5) is 5.95 Å². The summed E-state index contributed by atoms with van der Waals surface area (Å²) in [7, 11) is 0. The molecule has 3 rings (SSSR count). The van der Waals surface area contributed by atoms with Gasteiger partial charge in [0.25, 0.3) is 5.91 Å². The minimum atomic E-state index is 0.0662. The van der Waals surface area contributed by atoms with E-state index in [4.69, 9.17) is 0 Å². The molecule has 1 N–H and O–H groups in total. The molecule has 1 aliphatic heterocycles. The van der Waals surface area contributed by atoms with Crippen LogP contribution >= 0.6 is 0 Å². The van der Waals surface area contributed by atoms with Crippen LogP contribution in [0, 0.1) is 6.92 Å². The van der Waals surface area contributed by atoms with Gasteiger partial charge in [-0.1, -0.05) is 19.8 Å². The highest BCUT2D eigenvalue weighted by Gasteiger charge is 2.27. The quantitative estimate of drug-likeness (QED) is 0.923. The third-order valence-corrected chi connectivity index (χ3v) is 5.12. The van der Waals surface area contributed by atoms with Gasteiger partial charge in [0, 0.05) is 24.3 Å². The summed E-state index contributed by atoms with van der Waals surface area (Å²) in [5.41, 5.74) is 1.40. The standard InChI is InChI=1S/C18H28N4O/c1-3-15-10-6-7-11-22(15)17(23)16-12-13(2)19-18(21-16)20-14-8-4-5-9-14/h12,14-15H,3-11H2,1-2H3,(H,19,20,21). The van der Waals surface area contributed by atoms with Crippen molar-refractivity contribution in [3.63, 3.8) is 0 Å². The summed E-state index contributed by atoms with van der Waals surface area (Å²) in [5, 5.41) is 3.41. The van der Waals surface area contributed by atoms with E-state index in [0.717, 1.165) is 31.5 Å². The van der Waals surface area contributed by atoms with Gasteiger partial charge in [0.05, 0.1) is 0 Å². The molecule has 1 atom stereocenters. The van der Waals surface area contributed by atoms with E-state index in [9.17, 15) is 4.79 Å². The molecule has 0 spiro atoms. The second-order valence-electron chi connectivity index (χ2n) is 6.90. The van der Waals surface area contributed by atoms with E-state index in [1.54, 1.807) is 0 Å². The molecule has 0 aromatic carbocycles. The molecular formula is C18H28N4O. The van der Waals surface area contributed by atoms with Crippen LogP contribution in [0.25, 0.3) is 0 Å². The fraction of sp³-hybridized carbons (Fsp3) is 0.722. The van der Waals surface area contributed by atoms with Gasteiger partial charge in [0.15, 0.2) is 0 Å². The summed E-state index contributed by atoms with van der Waals surface area (Å²) in [6.07, 6.45) is 9.32. The molecule has 0 radical (unpaired) electrons. The zero-order valence-electron chi connectivity index (χ0n) is 14.3. The molecule has 2 fully saturated rings. The topological polar surface area (TPSA) is 58.1 Å². The van der Waals surface area contributed by atoms with Gasteiger partial charge in [-0.3, -0.25) is 4.79 Å². The van der Waals surface area contributed by atoms with E-state index in [0.29, 0.717) is 23.7 Å². The first kappa shape index (κ1) is 16.2. The van der Waals surface area contributed by atoms with Crippen LogP contribution in [-0.2, 0) is 0 Å². The zero-order chi connectivity index (χ0) is 16.2. The van der Waals surface area contributed by atoms with Gasteiger partial charge >= 0.3 is 0 Å². The molecule has 1 aliphatic carbocycles. The number of piperidine rings is 1. The summed E-state index contributed by atoms with van der Waals surface area (Å²) >= 11 is 0. The van der Waals surface area contributed by atoms with E-state index in [1.165, 1.54) is 32.1 Å². The molecule has 2 aliphatic rings. The Hall–Kier alpha value is -1.65. The Morgan fingerprint density at radius 2 is 1.96 bits per heavy atom. The van der Waals surface area contributed by atoms with Gasteiger partial charge in [-0.15, -0.1) is 0 Å².